The molecule has 6 nitrogen and oxygen atoms in total. The summed E-state index contributed by atoms with van der Waals surface area (Å²) in [5.41, 5.74) is 1.38. The van der Waals surface area contributed by atoms with E-state index in [1.807, 2.05) is 6.07 Å². The van der Waals surface area contributed by atoms with Gasteiger partial charge in [0.2, 0.25) is 0 Å². The molecular formula is C16H16N2O4S2. The number of nitrogens with one attached hydrogen (secondary N) is 2. The number of hydrogen-bond donors (Lipinski definition) is 3. The standard InChI is InChI=1S/C16H16N2O4S2/c19-15(13-4-2-1-3-5-13)18-16(23)17-11-10-12-6-8-14(9-7-12)24(20,21)22/h1-9H,10-11H2,(H,20,21,22)(H2,17,18,19,23). The number of carbonyl (C=O) groups excluding carboxylic acids is 1. The van der Waals surface area contributed by atoms with Gasteiger partial charge in [-0.3, -0.25) is 14.7 Å². The largest absolute Gasteiger partial charge is 0.362 e. The van der Waals surface area contributed by atoms with Crippen LogP contribution in [0.4, 0.5) is 0 Å². The van der Waals surface area contributed by atoms with E-state index in [0.717, 1.165) is 5.56 Å². The molecule has 0 radical (unpaired) electrons. The molecule has 3 N–H and O–H groups in total. The maximum atomic E-state index is 11.9. The lowest BCUT2D eigenvalue weighted by atomic mass is 10.1. The van der Waals surface area contributed by atoms with E-state index in [1.54, 1.807) is 36.4 Å². The number of carbonyl (C=O) groups is 1. The van der Waals surface area contributed by atoms with Crippen molar-refractivity contribution in [2.75, 3.05) is 6.54 Å². The van der Waals surface area contributed by atoms with Crippen LogP contribution >= 0.6 is 12.2 Å². The first-order valence-corrected chi connectivity index (χ1v) is 8.92. The molecule has 2 aromatic carbocycles. The Bertz CT molecular complexity index is 819. The van der Waals surface area contributed by atoms with Crippen LogP contribution in [0.25, 0.3) is 0 Å². The van der Waals surface area contributed by atoms with Gasteiger partial charge in [-0.05, 0) is 48.5 Å². The highest BCUT2D eigenvalue weighted by Crippen LogP contribution is 2.10. The van der Waals surface area contributed by atoms with Crippen molar-refractivity contribution < 1.29 is 17.8 Å². The van der Waals surface area contributed by atoms with Crippen LogP contribution in [0.1, 0.15) is 15.9 Å². The summed E-state index contributed by atoms with van der Waals surface area (Å²) in [6.45, 7) is 0.471. The Morgan fingerprint density at radius 3 is 2.25 bits per heavy atom. The average Bonchev–Trinajstić information content (AvgIpc) is 2.55. The van der Waals surface area contributed by atoms with E-state index in [0.29, 0.717) is 18.5 Å². The van der Waals surface area contributed by atoms with Gasteiger partial charge in [0.15, 0.2) is 5.11 Å². The Hall–Kier alpha value is -2.29. The number of rotatable bonds is 5. The molecule has 1 amide bonds. The van der Waals surface area contributed by atoms with Crippen molar-refractivity contribution in [3.05, 3.63) is 65.7 Å². The normalized spacial score (nSPS) is 10.9. The second kappa shape index (κ2) is 8.00. The smallest absolute Gasteiger partial charge is 0.294 e. The zero-order chi connectivity index (χ0) is 17.6. The highest BCUT2D eigenvalue weighted by molar-refractivity contribution is 7.85. The molecule has 0 heterocycles. The summed E-state index contributed by atoms with van der Waals surface area (Å²) in [6.07, 6.45) is 0.576. The summed E-state index contributed by atoms with van der Waals surface area (Å²) in [5.74, 6) is -0.286. The van der Waals surface area contributed by atoms with Gasteiger partial charge in [-0.2, -0.15) is 8.42 Å². The number of benzene rings is 2. The molecule has 0 bridgehead atoms. The maximum Gasteiger partial charge on any atom is 0.294 e. The van der Waals surface area contributed by atoms with Gasteiger partial charge in [-0.25, -0.2) is 0 Å². The highest BCUT2D eigenvalue weighted by Gasteiger charge is 2.09. The predicted octanol–water partition coefficient (Wildman–Crippen LogP) is 1.78. The zero-order valence-corrected chi connectivity index (χ0v) is 14.2. The van der Waals surface area contributed by atoms with Gasteiger partial charge < -0.3 is 5.32 Å². The van der Waals surface area contributed by atoms with Gasteiger partial charge in [0.25, 0.3) is 16.0 Å². The van der Waals surface area contributed by atoms with Crippen LogP contribution in [0, 0.1) is 0 Å². The molecule has 0 spiro atoms. The van der Waals surface area contributed by atoms with E-state index in [1.165, 1.54) is 12.1 Å². The van der Waals surface area contributed by atoms with Gasteiger partial charge in [0.1, 0.15) is 0 Å². The Morgan fingerprint density at radius 2 is 1.67 bits per heavy atom. The van der Waals surface area contributed by atoms with Crippen molar-refractivity contribution >= 4 is 33.4 Å². The summed E-state index contributed by atoms with van der Waals surface area (Å²) in [6, 6.07) is 14.6. The van der Waals surface area contributed by atoms with Crippen LogP contribution in [0.2, 0.25) is 0 Å². The van der Waals surface area contributed by atoms with Crippen LogP contribution in [0.15, 0.2) is 59.5 Å². The second-order valence-electron chi connectivity index (χ2n) is 4.95. The van der Waals surface area contributed by atoms with E-state index < -0.39 is 10.1 Å². The van der Waals surface area contributed by atoms with Crippen molar-refractivity contribution in [2.24, 2.45) is 0 Å². The molecular weight excluding hydrogens is 348 g/mol. The lowest BCUT2D eigenvalue weighted by molar-refractivity contribution is 0.0976. The van der Waals surface area contributed by atoms with E-state index in [9.17, 15) is 13.2 Å². The summed E-state index contributed by atoms with van der Waals surface area (Å²) in [4.78, 5) is 11.8. The third-order valence-electron chi connectivity index (χ3n) is 3.18. The molecule has 0 saturated heterocycles. The van der Waals surface area contributed by atoms with Crippen molar-refractivity contribution in [3.63, 3.8) is 0 Å². The highest BCUT2D eigenvalue weighted by atomic mass is 32.2. The molecule has 8 heteroatoms. The van der Waals surface area contributed by atoms with Crippen LogP contribution in [-0.2, 0) is 16.5 Å². The minimum Gasteiger partial charge on any atom is -0.362 e. The van der Waals surface area contributed by atoms with E-state index >= 15 is 0 Å². The van der Waals surface area contributed by atoms with Crippen LogP contribution in [0.3, 0.4) is 0 Å². The van der Waals surface area contributed by atoms with Crippen molar-refractivity contribution in [2.45, 2.75) is 11.3 Å². The molecule has 0 aromatic heterocycles. The van der Waals surface area contributed by atoms with Gasteiger partial charge in [-0.1, -0.05) is 30.3 Å². The quantitative estimate of drug-likeness (QED) is 0.553. The number of amides is 1. The Kier molecular flexibility index (Phi) is 6.02. The fourth-order valence-corrected chi connectivity index (χ4v) is 2.63. The molecule has 0 atom stereocenters. The SMILES string of the molecule is O=C(NC(=S)NCCc1ccc(S(=O)(=O)O)cc1)c1ccccc1. The van der Waals surface area contributed by atoms with E-state index in [2.05, 4.69) is 10.6 Å². The fraction of sp³-hybridized carbons (Fsp3) is 0.125. The van der Waals surface area contributed by atoms with Gasteiger partial charge in [0, 0.05) is 12.1 Å². The first kappa shape index (κ1) is 18.1. The molecule has 24 heavy (non-hydrogen) atoms. The average molecular weight is 364 g/mol. The molecule has 0 aliphatic rings. The minimum absolute atomic E-state index is 0.148. The maximum absolute atomic E-state index is 11.9. The van der Waals surface area contributed by atoms with Crippen molar-refractivity contribution in [1.82, 2.24) is 10.6 Å². The molecule has 0 aliphatic carbocycles. The summed E-state index contributed by atoms with van der Waals surface area (Å²) < 4.78 is 30.8. The molecule has 126 valence electrons. The third-order valence-corrected chi connectivity index (χ3v) is 4.30. The lowest BCUT2D eigenvalue weighted by Gasteiger charge is -2.09. The lowest BCUT2D eigenvalue weighted by Crippen LogP contribution is -2.40. The predicted molar refractivity (Wildman–Crippen MR) is 94.5 cm³/mol. The minimum atomic E-state index is -4.18. The van der Waals surface area contributed by atoms with E-state index in [-0.39, 0.29) is 15.9 Å². The van der Waals surface area contributed by atoms with Crippen molar-refractivity contribution in [1.29, 1.82) is 0 Å². The van der Waals surface area contributed by atoms with Crippen LogP contribution < -0.4 is 10.6 Å². The molecule has 2 rings (SSSR count). The van der Waals surface area contributed by atoms with Gasteiger partial charge in [0.05, 0.1) is 4.90 Å². The zero-order valence-electron chi connectivity index (χ0n) is 12.6. The van der Waals surface area contributed by atoms with E-state index in [4.69, 9.17) is 16.8 Å². The molecule has 0 aliphatic heterocycles. The second-order valence-corrected chi connectivity index (χ2v) is 6.77. The van der Waals surface area contributed by atoms with Gasteiger partial charge in [-0.15, -0.1) is 0 Å². The third kappa shape index (κ3) is 5.41. The fourth-order valence-electron chi connectivity index (χ4n) is 1.96. The molecule has 2 aromatic rings. The summed E-state index contributed by atoms with van der Waals surface area (Å²) in [5, 5.41) is 5.71. The molecule has 0 unspecified atom stereocenters. The van der Waals surface area contributed by atoms with Gasteiger partial charge >= 0.3 is 0 Å². The first-order valence-electron chi connectivity index (χ1n) is 7.07. The Labute approximate surface area is 145 Å². The van der Waals surface area contributed by atoms with Crippen molar-refractivity contribution in [3.8, 4) is 0 Å². The first-order chi connectivity index (χ1) is 11.4. The number of hydrogen-bond acceptors (Lipinski definition) is 4. The number of thiocarbonyl (C=S) groups is 1. The summed E-state index contributed by atoms with van der Waals surface area (Å²) >= 11 is 5.06. The van der Waals surface area contributed by atoms with Crippen LogP contribution in [-0.4, -0.2) is 30.5 Å². The van der Waals surface area contributed by atoms with Crippen LogP contribution in [0.5, 0.6) is 0 Å². The monoisotopic (exact) mass is 364 g/mol. The Morgan fingerprint density at radius 1 is 1.04 bits per heavy atom. The molecule has 0 fully saturated rings. The Balaban J connectivity index is 1.79. The molecule has 0 saturated carbocycles. The topological polar surface area (TPSA) is 95.5 Å². The summed E-state index contributed by atoms with van der Waals surface area (Å²) in [7, 11) is -4.18.